The smallest absolute Gasteiger partial charge is 0.160 e. The number of hydrogen-bond acceptors (Lipinski definition) is 5. The van der Waals surface area contributed by atoms with Crippen LogP contribution in [0.4, 0.5) is 0 Å². The number of hydrogen-bond donors (Lipinski definition) is 4. The molecule has 1 aliphatic heterocycles. The molecule has 3 unspecified atom stereocenters. The molecule has 0 spiro atoms. The third-order valence-corrected chi connectivity index (χ3v) is 2.21. The molecule has 0 aliphatic carbocycles. The number of rotatable bonds is 1. The first-order chi connectivity index (χ1) is 5.57. The number of ether oxygens (including phenoxy) is 1. The molecule has 72 valence electrons. The van der Waals surface area contributed by atoms with Gasteiger partial charge in [0.15, 0.2) is 6.29 Å². The molecule has 0 bridgehead atoms. The Labute approximate surface area is 70.2 Å². The third kappa shape index (κ3) is 1.60. The standard InChI is InChI=1S/C7H14O5/c1-3-5(9)6(10)4(2-8)12-7(3)11/h3-11H,2H2,1H3/t3-,4?,5?,6+,7?/m0/s1. The van der Waals surface area contributed by atoms with Gasteiger partial charge in [-0.3, -0.25) is 0 Å². The van der Waals surface area contributed by atoms with Crippen LogP contribution in [0.15, 0.2) is 0 Å². The second kappa shape index (κ2) is 3.68. The summed E-state index contributed by atoms with van der Waals surface area (Å²) < 4.78 is 4.83. The molecule has 5 heteroatoms. The number of aliphatic hydroxyl groups is 4. The highest BCUT2D eigenvalue weighted by Crippen LogP contribution is 2.23. The van der Waals surface area contributed by atoms with Crippen molar-refractivity contribution in [1.82, 2.24) is 0 Å². The molecule has 1 saturated heterocycles. The molecular weight excluding hydrogens is 164 g/mol. The molecule has 5 atom stereocenters. The van der Waals surface area contributed by atoms with E-state index >= 15 is 0 Å². The Morgan fingerprint density at radius 2 is 1.75 bits per heavy atom. The molecule has 5 nitrogen and oxygen atoms in total. The topological polar surface area (TPSA) is 90.2 Å². The minimum Gasteiger partial charge on any atom is -0.394 e. The van der Waals surface area contributed by atoms with E-state index in [9.17, 15) is 10.2 Å². The van der Waals surface area contributed by atoms with Crippen molar-refractivity contribution in [3.8, 4) is 0 Å². The molecule has 0 aromatic carbocycles. The van der Waals surface area contributed by atoms with Gasteiger partial charge >= 0.3 is 0 Å². The van der Waals surface area contributed by atoms with Crippen LogP contribution in [0.1, 0.15) is 6.92 Å². The van der Waals surface area contributed by atoms with Crippen LogP contribution < -0.4 is 0 Å². The summed E-state index contributed by atoms with van der Waals surface area (Å²) in [5.41, 5.74) is 0. The van der Waals surface area contributed by atoms with Crippen LogP contribution in [-0.4, -0.2) is 51.6 Å². The molecule has 0 amide bonds. The van der Waals surface area contributed by atoms with Crippen molar-refractivity contribution in [2.45, 2.75) is 31.5 Å². The average Bonchev–Trinajstić information content (AvgIpc) is 2.08. The summed E-state index contributed by atoms with van der Waals surface area (Å²) in [4.78, 5) is 0. The van der Waals surface area contributed by atoms with Gasteiger partial charge in [-0.25, -0.2) is 0 Å². The molecule has 0 radical (unpaired) electrons. The Morgan fingerprint density at radius 1 is 1.17 bits per heavy atom. The molecule has 12 heavy (non-hydrogen) atoms. The molecule has 1 fully saturated rings. The fourth-order valence-electron chi connectivity index (χ4n) is 1.23. The monoisotopic (exact) mass is 178 g/mol. The van der Waals surface area contributed by atoms with Crippen molar-refractivity contribution < 1.29 is 25.2 Å². The zero-order valence-electron chi connectivity index (χ0n) is 6.79. The maximum Gasteiger partial charge on any atom is 0.160 e. The highest BCUT2D eigenvalue weighted by molar-refractivity contribution is 4.86. The highest BCUT2D eigenvalue weighted by atomic mass is 16.6. The van der Waals surface area contributed by atoms with Gasteiger partial charge in [-0.15, -0.1) is 0 Å². The summed E-state index contributed by atoms with van der Waals surface area (Å²) >= 11 is 0. The molecule has 1 rings (SSSR count). The SMILES string of the molecule is C[C@@H]1C(O)OC(CO)[C@@H](O)C1O. The van der Waals surface area contributed by atoms with Gasteiger partial charge in [-0.2, -0.15) is 0 Å². The van der Waals surface area contributed by atoms with E-state index in [4.69, 9.17) is 14.9 Å². The van der Waals surface area contributed by atoms with Crippen molar-refractivity contribution in [3.63, 3.8) is 0 Å². The first-order valence-corrected chi connectivity index (χ1v) is 3.88. The van der Waals surface area contributed by atoms with E-state index < -0.39 is 37.1 Å². The summed E-state index contributed by atoms with van der Waals surface area (Å²) in [6, 6.07) is 0. The van der Waals surface area contributed by atoms with Gasteiger partial charge in [-0.05, 0) is 0 Å². The van der Waals surface area contributed by atoms with Crippen LogP contribution >= 0.6 is 0 Å². The Balaban J connectivity index is 2.63. The summed E-state index contributed by atoms with van der Waals surface area (Å²) in [5, 5.41) is 36.4. The van der Waals surface area contributed by atoms with Crippen LogP contribution in [0, 0.1) is 5.92 Å². The van der Waals surface area contributed by atoms with Crippen molar-refractivity contribution >= 4 is 0 Å². The lowest BCUT2D eigenvalue weighted by Crippen LogP contribution is -2.54. The van der Waals surface area contributed by atoms with Gasteiger partial charge in [0.2, 0.25) is 0 Å². The first-order valence-electron chi connectivity index (χ1n) is 3.88. The second-order valence-corrected chi connectivity index (χ2v) is 3.09. The lowest BCUT2D eigenvalue weighted by atomic mass is 9.93. The molecular formula is C7H14O5. The van der Waals surface area contributed by atoms with Crippen molar-refractivity contribution in [2.75, 3.05) is 6.61 Å². The Hall–Kier alpha value is -0.200. The van der Waals surface area contributed by atoms with Crippen LogP contribution in [0.3, 0.4) is 0 Å². The second-order valence-electron chi connectivity index (χ2n) is 3.09. The molecule has 4 N–H and O–H groups in total. The van der Waals surface area contributed by atoms with E-state index in [-0.39, 0.29) is 0 Å². The fraction of sp³-hybridized carbons (Fsp3) is 1.00. The Bertz CT molecular complexity index is 146. The van der Waals surface area contributed by atoms with Gasteiger partial charge in [0, 0.05) is 5.92 Å². The molecule has 1 heterocycles. The lowest BCUT2D eigenvalue weighted by Gasteiger charge is -2.38. The number of aliphatic hydroxyl groups excluding tert-OH is 4. The molecule has 0 saturated carbocycles. The van der Waals surface area contributed by atoms with Crippen LogP contribution in [0.2, 0.25) is 0 Å². The third-order valence-electron chi connectivity index (χ3n) is 2.21. The maximum atomic E-state index is 9.32. The maximum absolute atomic E-state index is 9.32. The normalized spacial score (nSPS) is 49.2. The predicted molar refractivity (Wildman–Crippen MR) is 39.1 cm³/mol. The minimum absolute atomic E-state index is 0.415. The summed E-state index contributed by atoms with van der Waals surface area (Å²) in [7, 11) is 0. The van der Waals surface area contributed by atoms with Gasteiger partial charge in [0.25, 0.3) is 0 Å². The van der Waals surface area contributed by atoms with E-state index in [1.165, 1.54) is 0 Å². The van der Waals surface area contributed by atoms with Gasteiger partial charge in [0.1, 0.15) is 12.2 Å². The van der Waals surface area contributed by atoms with E-state index in [1.807, 2.05) is 0 Å². The fourth-order valence-corrected chi connectivity index (χ4v) is 1.23. The average molecular weight is 178 g/mol. The van der Waals surface area contributed by atoms with Crippen LogP contribution in [0.5, 0.6) is 0 Å². The summed E-state index contributed by atoms with van der Waals surface area (Å²) in [6.07, 6.45) is -4.20. The quantitative estimate of drug-likeness (QED) is 0.375. The lowest BCUT2D eigenvalue weighted by molar-refractivity contribution is -0.266. The van der Waals surface area contributed by atoms with E-state index in [0.29, 0.717) is 0 Å². The predicted octanol–water partition coefficient (Wildman–Crippen LogP) is -1.95. The first kappa shape index (κ1) is 9.88. The van der Waals surface area contributed by atoms with Gasteiger partial charge < -0.3 is 25.2 Å². The van der Waals surface area contributed by atoms with Crippen LogP contribution in [0.25, 0.3) is 0 Å². The minimum atomic E-state index is -1.13. The van der Waals surface area contributed by atoms with Gasteiger partial charge in [0.05, 0.1) is 12.7 Å². The van der Waals surface area contributed by atoms with E-state index in [1.54, 1.807) is 6.92 Å². The van der Waals surface area contributed by atoms with Crippen molar-refractivity contribution in [3.05, 3.63) is 0 Å². The highest BCUT2D eigenvalue weighted by Gasteiger charge is 2.40. The summed E-state index contributed by atoms with van der Waals surface area (Å²) in [5.74, 6) is -0.539. The van der Waals surface area contributed by atoms with E-state index in [0.717, 1.165) is 0 Å². The zero-order chi connectivity index (χ0) is 9.30. The molecule has 0 aromatic rings. The molecule has 1 aliphatic rings. The Kier molecular flexibility index (Phi) is 3.03. The van der Waals surface area contributed by atoms with Gasteiger partial charge in [-0.1, -0.05) is 6.92 Å². The largest absolute Gasteiger partial charge is 0.394 e. The van der Waals surface area contributed by atoms with Crippen molar-refractivity contribution in [1.29, 1.82) is 0 Å². The van der Waals surface area contributed by atoms with E-state index in [2.05, 4.69) is 0 Å². The summed E-state index contributed by atoms with van der Waals surface area (Å²) in [6.45, 7) is 1.15. The zero-order valence-corrected chi connectivity index (χ0v) is 6.79. The van der Waals surface area contributed by atoms with Crippen LogP contribution in [-0.2, 0) is 4.74 Å². The molecule has 0 aromatic heterocycles. The Morgan fingerprint density at radius 3 is 2.25 bits per heavy atom. The van der Waals surface area contributed by atoms with Crippen molar-refractivity contribution in [2.24, 2.45) is 5.92 Å².